The van der Waals surface area contributed by atoms with Crippen molar-refractivity contribution in [1.82, 2.24) is 0 Å². The number of carbonyl (C=O) groups excluding carboxylic acids is 2. The van der Waals surface area contributed by atoms with Crippen LogP contribution in [0.25, 0.3) is 0 Å². The largest absolute Gasteiger partial charge is 0.495 e. The van der Waals surface area contributed by atoms with Crippen LogP contribution in [0.15, 0.2) is 47.6 Å². The van der Waals surface area contributed by atoms with Crippen molar-refractivity contribution in [2.75, 3.05) is 12.0 Å². The van der Waals surface area contributed by atoms with Gasteiger partial charge in [0.15, 0.2) is 0 Å². The number of oxime groups is 1. The maximum atomic E-state index is 13.1. The number of hydrogen-bond donors (Lipinski definition) is 0. The molecule has 152 valence electrons. The molecule has 4 rings (SSSR count). The van der Waals surface area contributed by atoms with Gasteiger partial charge in [-0.25, -0.2) is 4.90 Å². The molecule has 2 heterocycles. The topological polar surface area (TPSA) is 154 Å². The average Bonchev–Trinajstić information content (AvgIpc) is 3.28. The van der Waals surface area contributed by atoms with Gasteiger partial charge in [-0.05, 0) is 6.07 Å². The molecule has 0 saturated carbocycles. The highest BCUT2D eigenvalue weighted by atomic mass is 16.7. The van der Waals surface area contributed by atoms with Crippen molar-refractivity contribution in [3.8, 4) is 5.75 Å². The molecular weight excluding hydrogens is 400 g/mol. The third-order valence-corrected chi connectivity index (χ3v) is 4.78. The van der Waals surface area contributed by atoms with Crippen LogP contribution in [0.4, 0.5) is 17.1 Å². The predicted molar refractivity (Wildman–Crippen MR) is 100 cm³/mol. The molecule has 12 heteroatoms. The van der Waals surface area contributed by atoms with E-state index in [1.807, 2.05) is 0 Å². The zero-order valence-electron chi connectivity index (χ0n) is 15.3. The summed E-state index contributed by atoms with van der Waals surface area (Å²) in [4.78, 5) is 52.8. The zero-order chi connectivity index (χ0) is 21.6. The Balaban J connectivity index is 1.75. The highest BCUT2D eigenvalue weighted by Crippen LogP contribution is 2.40. The first kappa shape index (κ1) is 19.0. The number of methoxy groups -OCH3 is 1. The molecule has 2 aliphatic heterocycles. The average molecular weight is 412 g/mol. The van der Waals surface area contributed by atoms with Gasteiger partial charge in [-0.1, -0.05) is 17.3 Å². The Morgan fingerprint density at radius 2 is 1.73 bits per heavy atom. The molecule has 0 unspecified atom stereocenters. The van der Waals surface area contributed by atoms with Gasteiger partial charge in [-0.3, -0.25) is 29.8 Å². The van der Waals surface area contributed by atoms with Gasteiger partial charge in [-0.15, -0.1) is 0 Å². The molecule has 2 aromatic rings. The third kappa shape index (κ3) is 2.82. The number of hydrogen-bond acceptors (Lipinski definition) is 9. The first-order valence-corrected chi connectivity index (χ1v) is 8.52. The Labute approximate surface area is 167 Å². The van der Waals surface area contributed by atoms with Crippen molar-refractivity contribution in [2.24, 2.45) is 11.1 Å². The summed E-state index contributed by atoms with van der Waals surface area (Å²) in [7, 11) is 1.29. The third-order valence-electron chi connectivity index (χ3n) is 4.78. The lowest BCUT2D eigenvalue weighted by molar-refractivity contribution is -0.385. The van der Waals surface area contributed by atoms with Crippen LogP contribution in [0, 0.1) is 26.1 Å². The van der Waals surface area contributed by atoms with E-state index in [9.17, 15) is 29.8 Å². The van der Waals surface area contributed by atoms with Crippen molar-refractivity contribution in [2.45, 2.75) is 6.10 Å². The van der Waals surface area contributed by atoms with Crippen LogP contribution in [0.2, 0.25) is 0 Å². The van der Waals surface area contributed by atoms with Gasteiger partial charge in [0.1, 0.15) is 23.1 Å². The Morgan fingerprint density at radius 1 is 1.03 bits per heavy atom. The van der Waals surface area contributed by atoms with E-state index in [0.717, 1.165) is 11.0 Å². The number of nitro groups is 2. The predicted octanol–water partition coefficient (Wildman–Crippen LogP) is 1.80. The van der Waals surface area contributed by atoms with Crippen LogP contribution in [0.1, 0.15) is 5.56 Å². The van der Waals surface area contributed by atoms with E-state index < -0.39 is 33.7 Å². The summed E-state index contributed by atoms with van der Waals surface area (Å²) in [5, 5.41) is 26.0. The fraction of sp³-hybridized carbons (Fsp3) is 0.167. The molecule has 2 aromatic carbocycles. The van der Waals surface area contributed by atoms with Crippen molar-refractivity contribution in [1.29, 1.82) is 0 Å². The summed E-state index contributed by atoms with van der Waals surface area (Å²) in [6, 6.07) is 8.94. The molecule has 0 aromatic heterocycles. The normalized spacial score (nSPS) is 19.9. The summed E-state index contributed by atoms with van der Waals surface area (Å²) in [6.45, 7) is 0. The monoisotopic (exact) mass is 412 g/mol. The Kier molecular flexibility index (Phi) is 4.38. The molecule has 0 bridgehead atoms. The molecule has 0 N–H and O–H groups in total. The molecule has 1 saturated heterocycles. The summed E-state index contributed by atoms with van der Waals surface area (Å²) in [5.41, 5.74) is -0.331. The molecule has 2 atom stereocenters. The van der Waals surface area contributed by atoms with Crippen LogP contribution in [-0.4, -0.2) is 40.6 Å². The fourth-order valence-electron chi connectivity index (χ4n) is 3.40. The van der Waals surface area contributed by atoms with Crippen LogP contribution in [0.3, 0.4) is 0 Å². The molecular formula is C18H12N4O8. The summed E-state index contributed by atoms with van der Waals surface area (Å²) in [5.74, 6) is -2.57. The number of ether oxygens (including phenoxy) is 1. The van der Waals surface area contributed by atoms with Gasteiger partial charge in [-0.2, -0.15) is 0 Å². The maximum absolute atomic E-state index is 13.1. The van der Waals surface area contributed by atoms with Crippen molar-refractivity contribution >= 4 is 34.6 Å². The zero-order valence-corrected chi connectivity index (χ0v) is 15.3. The van der Waals surface area contributed by atoms with Crippen molar-refractivity contribution < 1.29 is 29.0 Å². The minimum Gasteiger partial charge on any atom is -0.495 e. The van der Waals surface area contributed by atoms with Crippen molar-refractivity contribution in [3.63, 3.8) is 0 Å². The lowest BCUT2D eigenvalue weighted by Crippen LogP contribution is -2.33. The van der Waals surface area contributed by atoms with Gasteiger partial charge in [0.05, 0.1) is 17.0 Å². The second kappa shape index (κ2) is 6.92. The molecule has 0 radical (unpaired) electrons. The minimum absolute atomic E-state index is 0.0638. The molecule has 2 aliphatic rings. The van der Waals surface area contributed by atoms with Gasteiger partial charge in [0.25, 0.3) is 17.3 Å². The lowest BCUT2D eigenvalue weighted by atomic mass is 9.94. The Bertz CT molecular complexity index is 1140. The lowest BCUT2D eigenvalue weighted by Gasteiger charge is -2.18. The van der Waals surface area contributed by atoms with Crippen LogP contribution in [0.5, 0.6) is 5.75 Å². The second-order valence-corrected chi connectivity index (χ2v) is 6.41. The number of imide groups is 1. The van der Waals surface area contributed by atoms with Crippen LogP contribution < -0.4 is 9.64 Å². The first-order valence-electron chi connectivity index (χ1n) is 8.52. The van der Waals surface area contributed by atoms with E-state index in [-0.39, 0.29) is 34.1 Å². The smallest absolute Gasteiger partial charge is 0.279 e. The number of nitrogens with zero attached hydrogens (tertiary/aromatic N) is 4. The number of benzene rings is 2. The number of fused-ring (bicyclic) bond motifs is 1. The number of anilines is 1. The molecule has 0 aliphatic carbocycles. The van der Waals surface area contributed by atoms with Gasteiger partial charge >= 0.3 is 0 Å². The molecule has 1 fully saturated rings. The summed E-state index contributed by atoms with van der Waals surface area (Å²) in [6.07, 6.45) is -1.28. The standard InChI is InChI=1S/C18H12N4O8/c1-29-13-6-5-11(22(27)28)8-12(13)20-17(23)14-15(19-30-16(14)18(20)24)9-3-2-4-10(7-9)21(25)26/h2-8,14,16H,1H3/t14-,16+/m1/s1. The number of rotatable bonds is 5. The van der Waals surface area contributed by atoms with E-state index in [1.54, 1.807) is 0 Å². The molecule has 30 heavy (non-hydrogen) atoms. The Morgan fingerprint density at radius 3 is 2.40 bits per heavy atom. The quantitative estimate of drug-likeness (QED) is 0.409. The van der Waals surface area contributed by atoms with Gasteiger partial charge < -0.3 is 9.57 Å². The van der Waals surface area contributed by atoms with Gasteiger partial charge in [0.2, 0.25) is 12.0 Å². The van der Waals surface area contributed by atoms with E-state index in [1.165, 1.54) is 43.5 Å². The SMILES string of the molecule is COc1ccc([N+](=O)[O-])cc1N1C(=O)[C@@H]2C(c3cccc([N+](=O)[O-])c3)=NO[C@@H]2C1=O. The fourth-order valence-corrected chi connectivity index (χ4v) is 3.40. The van der Waals surface area contributed by atoms with E-state index in [2.05, 4.69) is 5.16 Å². The number of non-ortho nitro benzene ring substituents is 2. The molecule has 2 amide bonds. The van der Waals surface area contributed by atoms with Crippen LogP contribution in [-0.2, 0) is 14.4 Å². The van der Waals surface area contributed by atoms with E-state index in [0.29, 0.717) is 0 Å². The van der Waals surface area contributed by atoms with Gasteiger partial charge in [0, 0.05) is 29.8 Å². The van der Waals surface area contributed by atoms with E-state index in [4.69, 9.17) is 9.57 Å². The maximum Gasteiger partial charge on any atom is 0.279 e. The highest BCUT2D eigenvalue weighted by molar-refractivity contribution is 6.33. The first-order chi connectivity index (χ1) is 14.3. The summed E-state index contributed by atoms with van der Waals surface area (Å²) < 4.78 is 5.15. The van der Waals surface area contributed by atoms with Crippen LogP contribution >= 0.6 is 0 Å². The summed E-state index contributed by atoms with van der Waals surface area (Å²) >= 11 is 0. The molecule has 0 spiro atoms. The Hall–Kier alpha value is -4.35. The number of amides is 2. The minimum atomic E-state index is -1.28. The van der Waals surface area contributed by atoms with Crippen molar-refractivity contribution in [3.05, 3.63) is 68.3 Å². The number of nitro benzene ring substituents is 2. The highest BCUT2D eigenvalue weighted by Gasteiger charge is 2.57. The van der Waals surface area contributed by atoms with E-state index >= 15 is 0 Å². The number of carbonyl (C=O) groups is 2. The molecule has 12 nitrogen and oxygen atoms in total. The second-order valence-electron chi connectivity index (χ2n) is 6.41.